The number of carbonyl (C=O) groups excluding carboxylic acids is 1. The minimum absolute atomic E-state index is 0.102. The van der Waals surface area contributed by atoms with Crippen LogP contribution in [0.25, 0.3) is 0 Å². The average molecular weight is 415 g/mol. The van der Waals surface area contributed by atoms with Gasteiger partial charge in [-0.1, -0.05) is 6.07 Å². The predicted molar refractivity (Wildman–Crippen MR) is 115 cm³/mol. The third-order valence-corrected chi connectivity index (χ3v) is 6.00. The van der Waals surface area contributed by atoms with E-state index in [1.54, 1.807) is 7.11 Å². The Hall–Kier alpha value is -2.42. The van der Waals surface area contributed by atoms with Gasteiger partial charge in [0.25, 0.3) is 0 Å². The van der Waals surface area contributed by atoms with Crippen LogP contribution in [0.4, 0.5) is 4.79 Å². The fraction of sp³-hybridized carbons (Fsp3) is 0.667. The summed E-state index contributed by atoms with van der Waals surface area (Å²) in [4.78, 5) is 12.2. The number of methoxy groups -OCH3 is 1. The van der Waals surface area contributed by atoms with Crippen LogP contribution in [-0.4, -0.2) is 30.9 Å². The molecule has 0 radical (unpaired) electrons. The van der Waals surface area contributed by atoms with Crippen molar-refractivity contribution in [2.45, 2.75) is 95.3 Å². The van der Waals surface area contributed by atoms with E-state index in [1.807, 2.05) is 39.0 Å². The van der Waals surface area contributed by atoms with E-state index in [0.29, 0.717) is 17.9 Å². The maximum absolute atomic E-state index is 12.2. The van der Waals surface area contributed by atoms with E-state index in [2.05, 4.69) is 11.4 Å². The van der Waals surface area contributed by atoms with Crippen molar-refractivity contribution in [3.8, 4) is 17.6 Å². The highest BCUT2D eigenvalue weighted by Gasteiger charge is 2.40. The number of carbonyl (C=O) groups is 1. The summed E-state index contributed by atoms with van der Waals surface area (Å²) in [5.74, 6) is 1.40. The van der Waals surface area contributed by atoms with Crippen LogP contribution in [0.2, 0.25) is 0 Å². The molecule has 0 heterocycles. The summed E-state index contributed by atoms with van der Waals surface area (Å²) in [6, 6.07) is 8.27. The molecule has 0 aliphatic heterocycles. The van der Waals surface area contributed by atoms with E-state index in [-0.39, 0.29) is 12.1 Å². The summed E-state index contributed by atoms with van der Waals surface area (Å²) in [5, 5.41) is 13.1. The van der Waals surface area contributed by atoms with Gasteiger partial charge in [0.1, 0.15) is 5.60 Å². The molecule has 1 aromatic rings. The first-order valence-corrected chi connectivity index (χ1v) is 11.0. The predicted octanol–water partition coefficient (Wildman–Crippen LogP) is 5.25. The van der Waals surface area contributed by atoms with Crippen LogP contribution in [0.3, 0.4) is 0 Å². The zero-order valence-electron chi connectivity index (χ0n) is 18.6. The Morgan fingerprint density at radius 2 is 1.90 bits per heavy atom. The lowest BCUT2D eigenvalue weighted by molar-refractivity contribution is 0.0485. The second-order valence-corrected chi connectivity index (χ2v) is 9.52. The molecule has 1 amide bonds. The quantitative estimate of drug-likeness (QED) is 0.712. The molecule has 2 aliphatic carbocycles. The Labute approximate surface area is 179 Å². The van der Waals surface area contributed by atoms with Gasteiger partial charge >= 0.3 is 6.09 Å². The molecule has 2 atom stereocenters. The van der Waals surface area contributed by atoms with Crippen LogP contribution >= 0.6 is 0 Å². The molecular formula is C24H34N2O4. The van der Waals surface area contributed by atoms with Gasteiger partial charge in [-0.3, -0.25) is 0 Å². The zero-order valence-corrected chi connectivity index (χ0v) is 18.6. The zero-order chi connectivity index (χ0) is 21.8. The lowest BCUT2D eigenvalue weighted by Crippen LogP contribution is -2.45. The number of rotatable bonds is 5. The number of nitriles is 1. The van der Waals surface area contributed by atoms with E-state index in [1.165, 1.54) is 12.8 Å². The fourth-order valence-electron chi connectivity index (χ4n) is 4.55. The number of alkyl carbamates (subject to hydrolysis) is 1. The normalized spacial score (nSPS) is 24.7. The maximum atomic E-state index is 12.2. The van der Waals surface area contributed by atoms with E-state index in [0.717, 1.165) is 37.7 Å². The van der Waals surface area contributed by atoms with Crippen LogP contribution in [-0.2, 0) is 10.2 Å². The highest BCUT2D eigenvalue weighted by molar-refractivity contribution is 5.68. The standard InChI is InChI=1S/C24H34N2O4/c1-23(2,3)30-22(27)26-18-8-7-13-24(15-18,16-25)17-11-12-20(28-4)21(14-17)29-19-9-5-6-10-19/h11-12,14,18-19H,5-10,13,15H2,1-4H3,(H,26,27)/t18-,24-/m1/s1. The Bertz CT molecular complexity index is 789. The van der Waals surface area contributed by atoms with E-state index in [4.69, 9.17) is 14.2 Å². The summed E-state index contributed by atoms with van der Waals surface area (Å²) in [7, 11) is 1.64. The molecule has 3 rings (SSSR count). The van der Waals surface area contributed by atoms with Gasteiger partial charge in [0.2, 0.25) is 0 Å². The molecule has 2 aliphatic rings. The molecule has 164 valence electrons. The van der Waals surface area contributed by atoms with Gasteiger partial charge in [0.05, 0.1) is 24.7 Å². The first-order valence-electron chi connectivity index (χ1n) is 11.0. The molecule has 1 aromatic carbocycles. The number of nitrogens with one attached hydrogen (secondary N) is 1. The molecule has 6 heteroatoms. The largest absolute Gasteiger partial charge is 0.493 e. The number of hydrogen-bond acceptors (Lipinski definition) is 5. The molecule has 0 aromatic heterocycles. The molecular weight excluding hydrogens is 380 g/mol. The minimum Gasteiger partial charge on any atom is -0.493 e. The molecule has 0 unspecified atom stereocenters. The SMILES string of the molecule is COc1ccc([C@]2(C#N)CCC[C@@H](NC(=O)OC(C)(C)C)C2)cc1OC1CCCC1. The van der Waals surface area contributed by atoms with Crippen molar-refractivity contribution in [2.24, 2.45) is 0 Å². The lowest BCUT2D eigenvalue weighted by Gasteiger charge is -2.37. The topological polar surface area (TPSA) is 80.6 Å². The van der Waals surface area contributed by atoms with Crippen LogP contribution in [0.5, 0.6) is 11.5 Å². The van der Waals surface area contributed by atoms with Crippen molar-refractivity contribution < 1.29 is 19.0 Å². The van der Waals surface area contributed by atoms with Crippen LogP contribution in [0.15, 0.2) is 18.2 Å². The molecule has 2 fully saturated rings. The van der Waals surface area contributed by atoms with Gasteiger partial charge in [-0.2, -0.15) is 5.26 Å². The molecule has 0 spiro atoms. The first-order chi connectivity index (χ1) is 14.2. The van der Waals surface area contributed by atoms with Crippen LogP contribution < -0.4 is 14.8 Å². The third kappa shape index (κ3) is 5.38. The van der Waals surface area contributed by atoms with Gasteiger partial charge < -0.3 is 19.5 Å². The number of hydrogen-bond donors (Lipinski definition) is 1. The third-order valence-electron chi connectivity index (χ3n) is 6.00. The maximum Gasteiger partial charge on any atom is 0.407 e. The molecule has 0 saturated heterocycles. The van der Waals surface area contributed by atoms with Crippen LogP contribution in [0, 0.1) is 11.3 Å². The summed E-state index contributed by atoms with van der Waals surface area (Å²) in [6.07, 6.45) is 7.27. The lowest BCUT2D eigenvalue weighted by atomic mass is 9.68. The van der Waals surface area contributed by atoms with Gasteiger partial charge in [-0.05, 0) is 89.8 Å². The summed E-state index contributed by atoms with van der Waals surface area (Å²) >= 11 is 0. The van der Waals surface area contributed by atoms with E-state index < -0.39 is 17.1 Å². The number of amides is 1. The number of benzene rings is 1. The van der Waals surface area contributed by atoms with Gasteiger partial charge in [0.15, 0.2) is 11.5 Å². The van der Waals surface area contributed by atoms with Crippen LogP contribution in [0.1, 0.15) is 77.7 Å². The number of ether oxygens (including phenoxy) is 3. The van der Waals surface area contributed by atoms with Crippen molar-refractivity contribution >= 4 is 6.09 Å². The monoisotopic (exact) mass is 414 g/mol. The van der Waals surface area contributed by atoms with Crippen molar-refractivity contribution in [1.82, 2.24) is 5.32 Å². The summed E-state index contributed by atoms with van der Waals surface area (Å²) < 4.78 is 17.1. The summed E-state index contributed by atoms with van der Waals surface area (Å²) in [6.45, 7) is 5.53. The molecule has 0 bridgehead atoms. The van der Waals surface area contributed by atoms with Gasteiger partial charge in [-0.15, -0.1) is 0 Å². The molecule has 30 heavy (non-hydrogen) atoms. The second-order valence-electron chi connectivity index (χ2n) is 9.52. The highest BCUT2D eigenvalue weighted by atomic mass is 16.6. The minimum atomic E-state index is -0.669. The Morgan fingerprint density at radius 3 is 2.53 bits per heavy atom. The number of nitrogens with zero attached hydrogens (tertiary/aromatic N) is 1. The van der Waals surface area contributed by atoms with E-state index in [9.17, 15) is 10.1 Å². The Morgan fingerprint density at radius 1 is 1.17 bits per heavy atom. The van der Waals surface area contributed by atoms with Crippen molar-refractivity contribution in [3.05, 3.63) is 23.8 Å². The molecule has 1 N–H and O–H groups in total. The van der Waals surface area contributed by atoms with Gasteiger partial charge in [-0.25, -0.2) is 4.79 Å². The molecule has 2 saturated carbocycles. The van der Waals surface area contributed by atoms with Gasteiger partial charge in [0, 0.05) is 6.04 Å². The smallest absolute Gasteiger partial charge is 0.407 e. The first kappa shape index (κ1) is 22.3. The van der Waals surface area contributed by atoms with Crippen molar-refractivity contribution in [3.63, 3.8) is 0 Å². The fourth-order valence-corrected chi connectivity index (χ4v) is 4.55. The van der Waals surface area contributed by atoms with Crippen molar-refractivity contribution in [2.75, 3.05) is 7.11 Å². The Balaban J connectivity index is 1.79. The Kier molecular flexibility index (Phi) is 6.80. The van der Waals surface area contributed by atoms with Crippen molar-refractivity contribution in [1.29, 1.82) is 5.26 Å². The molecule has 6 nitrogen and oxygen atoms in total. The second kappa shape index (κ2) is 9.16. The van der Waals surface area contributed by atoms with E-state index >= 15 is 0 Å². The average Bonchev–Trinajstić information content (AvgIpc) is 3.19. The summed E-state index contributed by atoms with van der Waals surface area (Å²) in [5.41, 5.74) is -0.291. The highest BCUT2D eigenvalue weighted by Crippen LogP contribution is 2.43.